The van der Waals surface area contributed by atoms with Crippen molar-refractivity contribution < 1.29 is 4.79 Å². The number of rotatable bonds is 4. The molecule has 0 aliphatic rings. The fourth-order valence-electron chi connectivity index (χ4n) is 3.34. The van der Waals surface area contributed by atoms with Gasteiger partial charge in [-0.15, -0.1) is 0 Å². The smallest absolute Gasteiger partial charge is 0.306 e. The fourth-order valence-corrected chi connectivity index (χ4v) is 3.68. The fraction of sp³-hybridized carbons (Fsp3) is 0.143. The Kier molecular flexibility index (Phi) is 5.67. The summed E-state index contributed by atoms with van der Waals surface area (Å²) in [5.74, 6) is 0.498. The maximum atomic E-state index is 12.4. The average Bonchev–Trinajstić information content (AvgIpc) is 3.00. The van der Waals surface area contributed by atoms with Gasteiger partial charge in [0.2, 0.25) is 0 Å². The summed E-state index contributed by atoms with van der Waals surface area (Å²) in [4.78, 5) is 21.2. The molecule has 0 atom stereocenters. The SMILES string of the molecule is Cc1cc(NNC(=O)Nc2cc(Cl)nc(-c3ccc(Cl)cc3)c2)nc2c1c(C)nn2C. The normalized spacial score (nSPS) is 10.9. The van der Waals surface area contributed by atoms with Gasteiger partial charge in [-0.1, -0.05) is 35.3 Å². The number of carbonyl (C=O) groups is 1. The number of fused-ring (bicyclic) bond motifs is 1. The van der Waals surface area contributed by atoms with E-state index in [-0.39, 0.29) is 5.15 Å². The highest BCUT2D eigenvalue weighted by atomic mass is 35.5. The van der Waals surface area contributed by atoms with E-state index >= 15 is 0 Å². The zero-order chi connectivity index (χ0) is 22.1. The molecule has 1 aromatic carbocycles. The van der Waals surface area contributed by atoms with Crippen LogP contribution in [-0.4, -0.2) is 25.8 Å². The molecule has 0 bridgehead atoms. The summed E-state index contributed by atoms with van der Waals surface area (Å²) in [5.41, 5.74) is 9.98. The molecule has 0 saturated heterocycles. The second-order valence-electron chi connectivity index (χ2n) is 7.01. The van der Waals surface area contributed by atoms with E-state index in [9.17, 15) is 4.79 Å². The Morgan fingerprint density at radius 2 is 1.77 bits per heavy atom. The van der Waals surface area contributed by atoms with Gasteiger partial charge in [0.15, 0.2) is 5.65 Å². The minimum absolute atomic E-state index is 0.255. The second-order valence-corrected chi connectivity index (χ2v) is 7.83. The van der Waals surface area contributed by atoms with Crippen molar-refractivity contribution >= 4 is 51.8 Å². The van der Waals surface area contributed by atoms with Crippen LogP contribution < -0.4 is 16.2 Å². The minimum Gasteiger partial charge on any atom is -0.306 e. The third-order valence-corrected chi connectivity index (χ3v) is 5.11. The lowest BCUT2D eigenvalue weighted by Gasteiger charge is -2.12. The Morgan fingerprint density at radius 1 is 1.03 bits per heavy atom. The van der Waals surface area contributed by atoms with Crippen molar-refractivity contribution in [3.8, 4) is 11.3 Å². The highest BCUT2D eigenvalue weighted by molar-refractivity contribution is 6.30. The third kappa shape index (κ3) is 4.55. The zero-order valence-corrected chi connectivity index (χ0v) is 18.5. The van der Waals surface area contributed by atoms with Gasteiger partial charge in [-0.05, 0) is 49.7 Å². The summed E-state index contributed by atoms with van der Waals surface area (Å²) < 4.78 is 1.71. The number of hydrazine groups is 1. The number of anilines is 2. The molecule has 3 N–H and O–H groups in total. The van der Waals surface area contributed by atoms with Gasteiger partial charge in [0.25, 0.3) is 0 Å². The Labute approximate surface area is 188 Å². The Hall–Kier alpha value is -3.36. The predicted molar refractivity (Wildman–Crippen MR) is 123 cm³/mol. The number of nitrogens with one attached hydrogen (secondary N) is 3. The van der Waals surface area contributed by atoms with Crippen molar-refractivity contribution in [3.05, 3.63) is 63.9 Å². The number of urea groups is 1. The molecule has 0 radical (unpaired) electrons. The lowest BCUT2D eigenvalue weighted by atomic mass is 10.1. The molecule has 4 rings (SSSR count). The number of aryl methyl sites for hydroxylation is 3. The first-order valence-electron chi connectivity index (χ1n) is 9.37. The van der Waals surface area contributed by atoms with Crippen molar-refractivity contribution in [3.63, 3.8) is 0 Å². The van der Waals surface area contributed by atoms with Crippen LogP contribution in [0, 0.1) is 13.8 Å². The van der Waals surface area contributed by atoms with Crippen LogP contribution in [0.5, 0.6) is 0 Å². The topological polar surface area (TPSA) is 96.8 Å². The van der Waals surface area contributed by atoms with Gasteiger partial charge in [0.05, 0.1) is 11.4 Å². The molecule has 4 aromatic rings. The van der Waals surface area contributed by atoms with E-state index in [1.54, 1.807) is 28.9 Å². The van der Waals surface area contributed by atoms with E-state index in [4.69, 9.17) is 23.2 Å². The maximum absolute atomic E-state index is 12.4. The molecule has 0 aliphatic carbocycles. The van der Waals surface area contributed by atoms with E-state index in [0.717, 1.165) is 27.9 Å². The highest BCUT2D eigenvalue weighted by Gasteiger charge is 2.12. The van der Waals surface area contributed by atoms with E-state index in [1.165, 1.54) is 0 Å². The van der Waals surface area contributed by atoms with Crippen molar-refractivity contribution in [2.24, 2.45) is 7.05 Å². The molecule has 0 fully saturated rings. The molecule has 31 heavy (non-hydrogen) atoms. The van der Waals surface area contributed by atoms with Gasteiger partial charge in [0.1, 0.15) is 11.0 Å². The van der Waals surface area contributed by atoms with Gasteiger partial charge in [-0.25, -0.2) is 14.8 Å². The molecule has 10 heteroatoms. The number of halogens is 2. The standard InChI is InChI=1S/C21H19Cl2N7O/c1-11-8-18(26-20-19(11)12(2)29-30(20)3)27-28-21(31)24-15-9-16(25-17(23)10-15)13-4-6-14(22)7-5-13/h4-10H,1-3H3,(H,26,27)(H2,24,25,28,31). The number of hydrogen-bond donors (Lipinski definition) is 3. The first kappa shape index (κ1) is 20.9. The van der Waals surface area contributed by atoms with Crippen LogP contribution in [0.4, 0.5) is 16.3 Å². The molecule has 0 unspecified atom stereocenters. The van der Waals surface area contributed by atoms with Gasteiger partial charge in [0, 0.05) is 28.7 Å². The maximum Gasteiger partial charge on any atom is 0.337 e. The van der Waals surface area contributed by atoms with Crippen LogP contribution >= 0.6 is 23.2 Å². The molecular formula is C21H19Cl2N7O. The van der Waals surface area contributed by atoms with Crippen LogP contribution in [0.15, 0.2) is 42.5 Å². The quantitative estimate of drug-likeness (QED) is 0.293. The molecule has 0 saturated carbocycles. The van der Waals surface area contributed by atoms with Crippen LogP contribution in [0.3, 0.4) is 0 Å². The first-order valence-corrected chi connectivity index (χ1v) is 10.1. The monoisotopic (exact) mass is 455 g/mol. The Balaban J connectivity index is 1.47. The molecule has 158 valence electrons. The summed E-state index contributed by atoms with van der Waals surface area (Å²) in [6.07, 6.45) is 0. The predicted octanol–water partition coefficient (Wildman–Crippen LogP) is 5.10. The van der Waals surface area contributed by atoms with E-state index in [0.29, 0.717) is 22.2 Å². The number of benzene rings is 1. The number of hydrogen-bond acceptors (Lipinski definition) is 5. The summed E-state index contributed by atoms with van der Waals surface area (Å²) >= 11 is 12.1. The van der Waals surface area contributed by atoms with E-state index in [2.05, 4.69) is 31.2 Å². The molecule has 0 aliphatic heterocycles. The number of pyridine rings is 2. The zero-order valence-electron chi connectivity index (χ0n) is 17.0. The number of nitrogens with zero attached hydrogens (tertiary/aromatic N) is 4. The average molecular weight is 456 g/mol. The van der Waals surface area contributed by atoms with Gasteiger partial charge >= 0.3 is 6.03 Å². The van der Waals surface area contributed by atoms with Crippen LogP contribution in [0.2, 0.25) is 10.2 Å². The first-order chi connectivity index (χ1) is 14.8. The van der Waals surface area contributed by atoms with Crippen molar-refractivity contribution in [1.82, 2.24) is 25.2 Å². The summed E-state index contributed by atoms with van der Waals surface area (Å²) in [5, 5.41) is 9.00. The third-order valence-electron chi connectivity index (χ3n) is 4.66. The van der Waals surface area contributed by atoms with E-state index in [1.807, 2.05) is 39.1 Å². The summed E-state index contributed by atoms with van der Waals surface area (Å²) in [6.45, 7) is 3.91. The summed E-state index contributed by atoms with van der Waals surface area (Å²) in [7, 11) is 1.83. The van der Waals surface area contributed by atoms with Gasteiger partial charge in [-0.3, -0.25) is 15.5 Å². The lowest BCUT2D eigenvalue weighted by molar-refractivity contribution is 0.254. The van der Waals surface area contributed by atoms with Crippen LogP contribution in [0.1, 0.15) is 11.3 Å². The number of carbonyl (C=O) groups excluding carboxylic acids is 1. The van der Waals surface area contributed by atoms with E-state index < -0.39 is 6.03 Å². The largest absolute Gasteiger partial charge is 0.337 e. The molecule has 3 heterocycles. The second kappa shape index (κ2) is 8.41. The molecule has 8 nitrogen and oxygen atoms in total. The molecule has 0 spiro atoms. The van der Waals surface area contributed by atoms with Crippen molar-refractivity contribution in [2.75, 3.05) is 10.7 Å². The number of aromatic nitrogens is 4. The Bertz CT molecular complexity index is 1290. The van der Waals surface area contributed by atoms with Gasteiger partial charge < -0.3 is 5.32 Å². The Morgan fingerprint density at radius 3 is 2.52 bits per heavy atom. The molecular weight excluding hydrogens is 437 g/mol. The molecule has 2 amide bonds. The minimum atomic E-state index is -0.481. The molecule has 3 aromatic heterocycles. The van der Waals surface area contributed by atoms with Crippen LogP contribution in [-0.2, 0) is 7.05 Å². The van der Waals surface area contributed by atoms with Gasteiger partial charge in [-0.2, -0.15) is 5.10 Å². The lowest BCUT2D eigenvalue weighted by Crippen LogP contribution is -2.34. The summed E-state index contributed by atoms with van der Waals surface area (Å²) in [6, 6.07) is 11.8. The number of amides is 2. The van der Waals surface area contributed by atoms with Crippen LogP contribution in [0.25, 0.3) is 22.3 Å². The van der Waals surface area contributed by atoms with Crippen molar-refractivity contribution in [2.45, 2.75) is 13.8 Å². The van der Waals surface area contributed by atoms with Crippen molar-refractivity contribution in [1.29, 1.82) is 0 Å². The highest BCUT2D eigenvalue weighted by Crippen LogP contribution is 2.25.